The van der Waals surface area contributed by atoms with Crippen LogP contribution in [0.25, 0.3) is 0 Å². The summed E-state index contributed by atoms with van der Waals surface area (Å²) in [6, 6.07) is 0. The summed E-state index contributed by atoms with van der Waals surface area (Å²) in [6.07, 6.45) is 58.4. The van der Waals surface area contributed by atoms with Gasteiger partial charge >= 0.3 is 25.7 Å². The topological polar surface area (TPSA) is 155 Å². The molecule has 0 aromatic heterocycles. The minimum Gasteiger partial charge on any atom is -0.462 e. The monoisotopic (exact) mass is 1000 g/mol. The minimum atomic E-state index is -4.76. The first kappa shape index (κ1) is 66.7. The van der Waals surface area contributed by atoms with Crippen LogP contribution in [0.15, 0.2) is 85.1 Å². The number of phosphoric acid groups is 1. The van der Waals surface area contributed by atoms with Crippen molar-refractivity contribution in [2.75, 3.05) is 26.4 Å². The summed E-state index contributed by atoms with van der Waals surface area (Å²) < 4.78 is 39.4. The lowest BCUT2D eigenvalue weighted by molar-refractivity contribution is -0.161. The largest absolute Gasteiger partial charge is 0.472 e. The van der Waals surface area contributed by atoms with Gasteiger partial charge in [0.1, 0.15) is 12.7 Å². The van der Waals surface area contributed by atoms with Crippen molar-refractivity contribution in [2.24, 2.45) is 0 Å². The van der Waals surface area contributed by atoms with E-state index >= 15 is 0 Å². The smallest absolute Gasteiger partial charge is 0.462 e. The molecule has 0 rings (SSSR count). The van der Waals surface area contributed by atoms with Crippen molar-refractivity contribution in [2.45, 2.75) is 238 Å². The molecule has 0 aliphatic carbocycles. The molecule has 0 fully saturated rings. The Bertz CT molecular complexity index is 1500. The highest BCUT2D eigenvalue weighted by Gasteiger charge is 2.28. The molecule has 0 radical (unpaired) electrons. The predicted molar refractivity (Wildman–Crippen MR) is 288 cm³/mol. The van der Waals surface area contributed by atoms with E-state index in [4.69, 9.17) is 23.3 Å². The maximum Gasteiger partial charge on any atom is 0.472 e. The number of rotatable bonds is 50. The molecule has 0 aromatic rings. The molecule has 11 nitrogen and oxygen atoms in total. The number of unbranched alkanes of at least 4 members (excludes halogenated alkanes) is 19. The molecule has 402 valence electrons. The lowest BCUT2D eigenvalue weighted by Gasteiger charge is -2.21. The van der Waals surface area contributed by atoms with Gasteiger partial charge in [-0.2, -0.15) is 0 Å². The van der Waals surface area contributed by atoms with Crippen LogP contribution in [-0.2, 0) is 42.2 Å². The van der Waals surface area contributed by atoms with Gasteiger partial charge in [0.25, 0.3) is 0 Å². The molecule has 0 saturated heterocycles. The number of carbonyl (C=O) groups is 3. The molecule has 0 bridgehead atoms. The SMILES string of the molecule is CC/C=C\C/C=C\C/C=C\C/C=C\C/C=C\CCCC(=O)OC(COC(=O)CCCCCCC/C=C\C/C=C\CCC)COP(=O)(O)OCC(CO)OC(=O)CCCCCCCCCCCCCCC. The van der Waals surface area contributed by atoms with Crippen molar-refractivity contribution in [3.63, 3.8) is 0 Å². The second-order valence-electron chi connectivity index (χ2n) is 18.0. The molecule has 0 aliphatic rings. The zero-order chi connectivity index (χ0) is 51.3. The van der Waals surface area contributed by atoms with Gasteiger partial charge in [-0.15, -0.1) is 0 Å². The fraction of sp³-hybridized carbons (Fsp3) is 0.707. The molecule has 12 heteroatoms. The maximum absolute atomic E-state index is 12.9. The number of aliphatic hydroxyl groups is 1. The Morgan fingerprint density at radius 2 is 0.786 bits per heavy atom. The molecule has 3 unspecified atom stereocenters. The molecule has 70 heavy (non-hydrogen) atoms. The fourth-order valence-corrected chi connectivity index (χ4v) is 7.92. The van der Waals surface area contributed by atoms with E-state index in [0.717, 1.165) is 103 Å². The van der Waals surface area contributed by atoms with E-state index in [-0.39, 0.29) is 25.9 Å². The Morgan fingerprint density at radius 1 is 0.414 bits per heavy atom. The Balaban J connectivity index is 4.83. The van der Waals surface area contributed by atoms with Gasteiger partial charge in [0, 0.05) is 19.3 Å². The normalized spacial score (nSPS) is 14.1. The Morgan fingerprint density at radius 3 is 1.26 bits per heavy atom. The van der Waals surface area contributed by atoms with Crippen LogP contribution in [0.3, 0.4) is 0 Å². The summed E-state index contributed by atoms with van der Waals surface area (Å²) in [5, 5.41) is 9.79. The van der Waals surface area contributed by atoms with E-state index in [1.165, 1.54) is 57.8 Å². The molecule has 0 aliphatic heterocycles. The Labute approximate surface area is 426 Å². The highest BCUT2D eigenvalue weighted by Crippen LogP contribution is 2.43. The number of ether oxygens (including phenoxy) is 3. The van der Waals surface area contributed by atoms with Gasteiger partial charge in [0.15, 0.2) is 6.10 Å². The second-order valence-corrected chi connectivity index (χ2v) is 19.5. The van der Waals surface area contributed by atoms with Crippen LogP contribution >= 0.6 is 7.82 Å². The first-order valence-electron chi connectivity index (χ1n) is 27.5. The van der Waals surface area contributed by atoms with Crippen LogP contribution in [0.2, 0.25) is 0 Å². The van der Waals surface area contributed by atoms with Crippen molar-refractivity contribution < 1.29 is 52.2 Å². The van der Waals surface area contributed by atoms with E-state index in [1.807, 2.05) is 12.2 Å². The lowest BCUT2D eigenvalue weighted by atomic mass is 10.0. The Hall–Kier alpha value is -3.34. The standard InChI is InChI=1S/C58H99O11P/c1-4-7-10-13-16-19-22-25-26-27-28-31-34-37-40-43-46-49-58(62)69-55(51-65-56(60)47-44-41-38-35-32-29-23-20-17-14-11-8-5-2)53-67-70(63,64)66-52-54(50-59)68-57(61)48-45-42-39-36-33-30-24-21-18-15-12-9-6-3/h7,10-11,14,16,19-20,23,25-26,28,31,37,40,54-55,59H,4-6,8-9,12-13,15,17-18,21-22,24,27,29-30,32-36,38-39,41-53H2,1-3H3,(H,63,64)/b10-7-,14-11-,19-16-,23-20-,26-25-,31-28-,40-37-. The number of esters is 3. The summed E-state index contributed by atoms with van der Waals surface area (Å²) in [6.45, 7) is 4.38. The number of hydrogen-bond donors (Lipinski definition) is 2. The molecular weight excluding hydrogens is 904 g/mol. The molecule has 2 N–H and O–H groups in total. The van der Waals surface area contributed by atoms with Crippen LogP contribution in [-0.4, -0.2) is 66.5 Å². The number of aliphatic hydroxyl groups excluding tert-OH is 1. The third kappa shape index (κ3) is 49.6. The average molecular weight is 1000 g/mol. The zero-order valence-corrected chi connectivity index (χ0v) is 45.1. The molecule has 3 atom stereocenters. The van der Waals surface area contributed by atoms with Gasteiger partial charge in [0.2, 0.25) is 0 Å². The van der Waals surface area contributed by atoms with Crippen molar-refractivity contribution in [3.05, 3.63) is 85.1 Å². The van der Waals surface area contributed by atoms with Crippen molar-refractivity contribution in [1.29, 1.82) is 0 Å². The fourth-order valence-electron chi connectivity index (χ4n) is 7.13. The molecule has 0 amide bonds. The highest BCUT2D eigenvalue weighted by molar-refractivity contribution is 7.47. The van der Waals surface area contributed by atoms with Crippen LogP contribution in [0.4, 0.5) is 0 Å². The van der Waals surface area contributed by atoms with Crippen molar-refractivity contribution in [1.82, 2.24) is 0 Å². The Kier molecular flexibility index (Phi) is 49.5. The van der Waals surface area contributed by atoms with E-state index < -0.39 is 57.8 Å². The van der Waals surface area contributed by atoms with Crippen LogP contribution < -0.4 is 0 Å². The molecule has 0 heterocycles. The zero-order valence-electron chi connectivity index (χ0n) is 44.2. The van der Waals surface area contributed by atoms with Gasteiger partial charge in [-0.25, -0.2) is 4.57 Å². The minimum absolute atomic E-state index is 0.0840. The summed E-state index contributed by atoms with van der Waals surface area (Å²) in [7, 11) is -4.76. The quantitative estimate of drug-likeness (QED) is 0.0197. The number of allylic oxidation sites excluding steroid dienone is 14. The number of hydrogen-bond acceptors (Lipinski definition) is 10. The summed E-state index contributed by atoms with van der Waals surface area (Å²) in [5.41, 5.74) is 0. The van der Waals surface area contributed by atoms with Crippen LogP contribution in [0.1, 0.15) is 226 Å². The first-order chi connectivity index (χ1) is 34.2. The lowest BCUT2D eigenvalue weighted by Crippen LogP contribution is -2.30. The first-order valence-corrected chi connectivity index (χ1v) is 29.0. The summed E-state index contributed by atoms with van der Waals surface area (Å²) in [5.74, 6) is -1.55. The van der Waals surface area contributed by atoms with Crippen LogP contribution in [0, 0.1) is 0 Å². The predicted octanol–water partition coefficient (Wildman–Crippen LogP) is 15.9. The molecule has 0 spiro atoms. The van der Waals surface area contributed by atoms with Crippen molar-refractivity contribution >= 4 is 25.7 Å². The molecule has 0 saturated carbocycles. The van der Waals surface area contributed by atoms with Gasteiger partial charge in [0.05, 0.1) is 19.8 Å². The van der Waals surface area contributed by atoms with Gasteiger partial charge < -0.3 is 24.2 Å². The number of carbonyl (C=O) groups excluding carboxylic acids is 3. The number of phosphoric ester groups is 1. The third-order valence-corrected chi connectivity index (χ3v) is 12.2. The average Bonchev–Trinajstić information content (AvgIpc) is 3.35. The van der Waals surface area contributed by atoms with Gasteiger partial charge in [-0.1, -0.05) is 209 Å². The van der Waals surface area contributed by atoms with E-state index in [1.54, 1.807) is 0 Å². The van der Waals surface area contributed by atoms with Gasteiger partial charge in [-0.05, 0) is 83.5 Å². The second kappa shape index (κ2) is 52.0. The maximum atomic E-state index is 12.9. The molecule has 0 aromatic carbocycles. The third-order valence-electron chi connectivity index (χ3n) is 11.3. The van der Waals surface area contributed by atoms with Gasteiger partial charge in [-0.3, -0.25) is 23.4 Å². The van der Waals surface area contributed by atoms with Crippen molar-refractivity contribution in [3.8, 4) is 0 Å². The summed E-state index contributed by atoms with van der Waals surface area (Å²) >= 11 is 0. The van der Waals surface area contributed by atoms with E-state index in [2.05, 4.69) is 93.7 Å². The van der Waals surface area contributed by atoms with E-state index in [9.17, 15) is 28.9 Å². The van der Waals surface area contributed by atoms with E-state index in [0.29, 0.717) is 25.7 Å². The van der Waals surface area contributed by atoms with Crippen LogP contribution in [0.5, 0.6) is 0 Å². The summed E-state index contributed by atoms with van der Waals surface area (Å²) in [4.78, 5) is 48.4. The molecular formula is C58H99O11P. The highest BCUT2D eigenvalue weighted by atomic mass is 31.2.